The number of aldehydes is 1. The second-order valence-corrected chi connectivity index (χ2v) is 4.88. The van der Waals surface area contributed by atoms with Crippen LogP contribution in [-0.2, 0) is 6.61 Å². The lowest BCUT2D eigenvalue weighted by Crippen LogP contribution is -2.01. The molecule has 0 saturated carbocycles. The predicted octanol–water partition coefficient (Wildman–Crippen LogP) is 3.93. The van der Waals surface area contributed by atoms with Gasteiger partial charge in [0.2, 0.25) is 0 Å². The maximum Gasteiger partial charge on any atom is 0.172 e. The Kier molecular flexibility index (Phi) is 3.65. The van der Waals surface area contributed by atoms with E-state index in [-0.39, 0.29) is 0 Å². The van der Waals surface area contributed by atoms with E-state index in [1.54, 1.807) is 6.07 Å². The van der Waals surface area contributed by atoms with Crippen molar-refractivity contribution < 1.29 is 9.53 Å². The summed E-state index contributed by atoms with van der Waals surface area (Å²) in [4.78, 5) is 15.2. The van der Waals surface area contributed by atoms with E-state index in [0.29, 0.717) is 18.1 Å². The number of hydrogen-bond donors (Lipinski definition) is 0. The molecular weight excluding hydrogens is 262 g/mol. The standard InChI is InChI=1S/C18H15NO2/c1-13-9-10-18(17(11-20)19-13)21-12-15-7-4-6-14-5-2-3-8-16(14)15/h2-11H,12H2,1H3. The van der Waals surface area contributed by atoms with Gasteiger partial charge in [0, 0.05) is 5.69 Å². The van der Waals surface area contributed by atoms with Gasteiger partial charge in [0.05, 0.1) is 0 Å². The molecule has 1 heterocycles. The Morgan fingerprint density at radius 1 is 1.05 bits per heavy atom. The second-order valence-electron chi connectivity index (χ2n) is 4.88. The van der Waals surface area contributed by atoms with Crippen LogP contribution in [0.2, 0.25) is 0 Å². The number of nitrogens with zero attached hydrogens (tertiary/aromatic N) is 1. The lowest BCUT2D eigenvalue weighted by atomic mass is 10.1. The number of carbonyl (C=O) groups is 1. The molecule has 2 aromatic carbocycles. The molecule has 3 heteroatoms. The molecule has 0 bridgehead atoms. The number of benzene rings is 2. The summed E-state index contributed by atoms with van der Waals surface area (Å²) in [5.41, 5.74) is 2.23. The van der Waals surface area contributed by atoms with Gasteiger partial charge in [0.1, 0.15) is 18.1 Å². The molecule has 0 aliphatic carbocycles. The predicted molar refractivity (Wildman–Crippen MR) is 82.6 cm³/mol. The Bertz CT molecular complexity index is 791. The van der Waals surface area contributed by atoms with E-state index in [1.807, 2.05) is 37.3 Å². The summed E-state index contributed by atoms with van der Waals surface area (Å²) in [5, 5.41) is 2.34. The molecule has 104 valence electrons. The first kappa shape index (κ1) is 13.3. The van der Waals surface area contributed by atoms with Crippen molar-refractivity contribution in [2.75, 3.05) is 0 Å². The second kappa shape index (κ2) is 5.75. The molecule has 0 aliphatic rings. The van der Waals surface area contributed by atoms with E-state index >= 15 is 0 Å². The Morgan fingerprint density at radius 2 is 1.86 bits per heavy atom. The molecule has 0 fully saturated rings. The molecule has 0 saturated heterocycles. The van der Waals surface area contributed by atoms with Gasteiger partial charge >= 0.3 is 0 Å². The minimum atomic E-state index is 0.343. The summed E-state index contributed by atoms with van der Waals surface area (Å²) in [5.74, 6) is 0.517. The van der Waals surface area contributed by atoms with Gasteiger partial charge in [0.25, 0.3) is 0 Å². The van der Waals surface area contributed by atoms with Crippen LogP contribution in [0.25, 0.3) is 10.8 Å². The van der Waals surface area contributed by atoms with Gasteiger partial charge in [0.15, 0.2) is 6.29 Å². The minimum Gasteiger partial charge on any atom is -0.486 e. The number of aromatic nitrogens is 1. The molecule has 0 amide bonds. The molecule has 0 aliphatic heterocycles. The third-order valence-electron chi connectivity index (χ3n) is 3.40. The highest BCUT2D eigenvalue weighted by atomic mass is 16.5. The number of rotatable bonds is 4. The van der Waals surface area contributed by atoms with Crippen LogP contribution in [-0.4, -0.2) is 11.3 Å². The average Bonchev–Trinajstić information content (AvgIpc) is 2.53. The third kappa shape index (κ3) is 2.77. The van der Waals surface area contributed by atoms with E-state index in [4.69, 9.17) is 4.74 Å². The summed E-state index contributed by atoms with van der Waals surface area (Å²) in [6.45, 7) is 2.26. The van der Waals surface area contributed by atoms with E-state index < -0.39 is 0 Å². The van der Waals surface area contributed by atoms with Crippen molar-refractivity contribution >= 4 is 17.1 Å². The molecule has 3 aromatic rings. The van der Waals surface area contributed by atoms with E-state index in [2.05, 4.69) is 23.2 Å². The van der Waals surface area contributed by atoms with Crippen molar-refractivity contribution in [3.8, 4) is 5.75 Å². The summed E-state index contributed by atoms with van der Waals surface area (Å²) < 4.78 is 5.78. The van der Waals surface area contributed by atoms with Crippen molar-refractivity contribution in [1.82, 2.24) is 4.98 Å². The number of fused-ring (bicyclic) bond motifs is 1. The van der Waals surface area contributed by atoms with E-state index in [0.717, 1.165) is 22.9 Å². The first-order chi connectivity index (χ1) is 10.3. The number of pyridine rings is 1. The molecule has 0 N–H and O–H groups in total. The lowest BCUT2D eigenvalue weighted by Gasteiger charge is -2.10. The summed E-state index contributed by atoms with van der Waals surface area (Å²) >= 11 is 0. The zero-order valence-electron chi connectivity index (χ0n) is 11.7. The molecule has 0 spiro atoms. The van der Waals surface area contributed by atoms with E-state index in [9.17, 15) is 4.79 Å². The number of carbonyl (C=O) groups excluding carboxylic acids is 1. The minimum absolute atomic E-state index is 0.343. The normalized spacial score (nSPS) is 10.5. The topological polar surface area (TPSA) is 39.2 Å². The maximum absolute atomic E-state index is 11.1. The van der Waals surface area contributed by atoms with Crippen LogP contribution in [0.15, 0.2) is 54.6 Å². The van der Waals surface area contributed by atoms with Crippen LogP contribution in [0.4, 0.5) is 0 Å². The zero-order chi connectivity index (χ0) is 14.7. The van der Waals surface area contributed by atoms with Gasteiger partial charge in [-0.2, -0.15) is 0 Å². The maximum atomic E-state index is 11.1. The van der Waals surface area contributed by atoms with Crippen molar-refractivity contribution in [3.05, 3.63) is 71.5 Å². The van der Waals surface area contributed by atoms with Crippen molar-refractivity contribution in [1.29, 1.82) is 0 Å². The summed E-state index contributed by atoms with van der Waals surface area (Å²) in [6, 6.07) is 17.9. The van der Waals surface area contributed by atoms with E-state index in [1.165, 1.54) is 5.39 Å². The first-order valence-corrected chi connectivity index (χ1v) is 6.80. The Balaban J connectivity index is 1.89. The highest BCUT2D eigenvalue weighted by molar-refractivity contribution is 5.85. The summed E-state index contributed by atoms with van der Waals surface area (Å²) in [7, 11) is 0. The third-order valence-corrected chi connectivity index (χ3v) is 3.40. The van der Waals surface area contributed by atoms with Crippen LogP contribution in [0.5, 0.6) is 5.75 Å². The molecule has 0 atom stereocenters. The SMILES string of the molecule is Cc1ccc(OCc2cccc3ccccc23)c(C=O)n1. The van der Waals surface area contributed by atoms with Crippen molar-refractivity contribution in [2.24, 2.45) is 0 Å². The number of hydrogen-bond acceptors (Lipinski definition) is 3. The summed E-state index contributed by atoms with van der Waals surface area (Å²) in [6.07, 6.45) is 0.728. The van der Waals surface area contributed by atoms with Crippen LogP contribution in [0.1, 0.15) is 21.7 Å². The Morgan fingerprint density at radius 3 is 2.71 bits per heavy atom. The number of aryl methyl sites for hydroxylation is 1. The fraction of sp³-hybridized carbons (Fsp3) is 0.111. The largest absolute Gasteiger partial charge is 0.486 e. The van der Waals surface area contributed by atoms with Gasteiger partial charge in [-0.25, -0.2) is 4.98 Å². The molecule has 1 aromatic heterocycles. The lowest BCUT2D eigenvalue weighted by molar-refractivity contribution is 0.111. The van der Waals surface area contributed by atoms with Crippen LogP contribution in [0.3, 0.4) is 0 Å². The van der Waals surface area contributed by atoms with Gasteiger partial charge < -0.3 is 4.74 Å². The molecule has 0 unspecified atom stereocenters. The highest BCUT2D eigenvalue weighted by Gasteiger charge is 2.06. The van der Waals surface area contributed by atoms with Gasteiger partial charge in [-0.15, -0.1) is 0 Å². The quantitative estimate of drug-likeness (QED) is 0.678. The fourth-order valence-electron chi connectivity index (χ4n) is 2.34. The van der Waals surface area contributed by atoms with Gasteiger partial charge in [-0.1, -0.05) is 42.5 Å². The van der Waals surface area contributed by atoms with Gasteiger partial charge in [-0.3, -0.25) is 4.79 Å². The molecular formula is C18H15NO2. The highest BCUT2D eigenvalue weighted by Crippen LogP contribution is 2.21. The zero-order valence-corrected chi connectivity index (χ0v) is 11.7. The van der Waals surface area contributed by atoms with Gasteiger partial charge in [-0.05, 0) is 35.4 Å². The Labute approximate surface area is 123 Å². The van der Waals surface area contributed by atoms with Crippen LogP contribution >= 0.6 is 0 Å². The first-order valence-electron chi connectivity index (χ1n) is 6.80. The molecule has 0 radical (unpaired) electrons. The number of ether oxygens (including phenoxy) is 1. The average molecular weight is 277 g/mol. The monoisotopic (exact) mass is 277 g/mol. The molecule has 3 nitrogen and oxygen atoms in total. The fourth-order valence-corrected chi connectivity index (χ4v) is 2.34. The van der Waals surface area contributed by atoms with Crippen molar-refractivity contribution in [2.45, 2.75) is 13.5 Å². The smallest absolute Gasteiger partial charge is 0.172 e. The molecule has 21 heavy (non-hydrogen) atoms. The van der Waals surface area contributed by atoms with Crippen LogP contribution in [0, 0.1) is 6.92 Å². The van der Waals surface area contributed by atoms with Crippen molar-refractivity contribution in [3.63, 3.8) is 0 Å². The Hall–Kier alpha value is -2.68. The van der Waals surface area contributed by atoms with Crippen LogP contribution < -0.4 is 4.74 Å². The molecule has 3 rings (SSSR count).